The number of hydrogen-bond donors (Lipinski definition) is 2. The number of methoxy groups -OCH3 is 1. The first-order chi connectivity index (χ1) is 12.2. The van der Waals surface area contributed by atoms with Gasteiger partial charge in [0.25, 0.3) is 5.91 Å². The lowest BCUT2D eigenvalue weighted by atomic mass is 9.95. The largest absolute Gasteiger partial charge is 0.383 e. The molecule has 2 amide bonds. The van der Waals surface area contributed by atoms with Crippen LogP contribution in [-0.4, -0.2) is 38.6 Å². The fourth-order valence-corrected chi connectivity index (χ4v) is 2.34. The van der Waals surface area contributed by atoms with Crippen molar-refractivity contribution < 1.29 is 14.3 Å². The van der Waals surface area contributed by atoms with E-state index in [9.17, 15) is 14.9 Å². The second-order valence-electron chi connectivity index (χ2n) is 5.23. The van der Waals surface area contributed by atoms with Crippen LogP contribution in [0.25, 0.3) is 11.1 Å². The summed E-state index contributed by atoms with van der Waals surface area (Å²) in [5.41, 5.74) is 2.23. The van der Waals surface area contributed by atoms with Crippen LogP contribution in [0.1, 0.15) is 15.9 Å². The molecule has 0 saturated carbocycles. The highest BCUT2D eigenvalue weighted by molar-refractivity contribution is 6.02. The number of nitrogens with zero attached hydrogens (tertiary/aromatic N) is 1. The minimum absolute atomic E-state index is 0.128. The summed E-state index contributed by atoms with van der Waals surface area (Å²) in [6.07, 6.45) is 0. The summed E-state index contributed by atoms with van der Waals surface area (Å²) in [7, 11) is 1.55. The van der Waals surface area contributed by atoms with Gasteiger partial charge in [0.1, 0.15) is 0 Å². The van der Waals surface area contributed by atoms with Gasteiger partial charge in [-0.15, -0.1) is 0 Å². The van der Waals surface area contributed by atoms with Crippen molar-refractivity contribution in [2.45, 2.75) is 0 Å². The van der Waals surface area contributed by atoms with E-state index in [1.165, 1.54) is 0 Å². The molecule has 128 valence electrons. The van der Waals surface area contributed by atoms with Gasteiger partial charge in [-0.05, 0) is 17.7 Å². The van der Waals surface area contributed by atoms with Crippen molar-refractivity contribution in [1.29, 1.82) is 5.26 Å². The van der Waals surface area contributed by atoms with E-state index < -0.39 is 0 Å². The Bertz CT molecular complexity index is 796. The molecule has 0 heterocycles. The van der Waals surface area contributed by atoms with Crippen molar-refractivity contribution in [1.82, 2.24) is 10.6 Å². The Hall–Kier alpha value is -3.17. The maximum Gasteiger partial charge on any atom is 0.252 e. The number of benzene rings is 2. The van der Waals surface area contributed by atoms with Crippen LogP contribution in [-0.2, 0) is 9.53 Å². The maximum absolute atomic E-state index is 12.5. The summed E-state index contributed by atoms with van der Waals surface area (Å²) in [5.74, 6) is -0.662. The van der Waals surface area contributed by atoms with Gasteiger partial charge in [-0.25, -0.2) is 0 Å². The summed E-state index contributed by atoms with van der Waals surface area (Å²) >= 11 is 0. The van der Waals surface area contributed by atoms with Crippen LogP contribution in [0.2, 0.25) is 0 Å². The molecule has 25 heavy (non-hydrogen) atoms. The van der Waals surface area contributed by atoms with Crippen LogP contribution in [0.3, 0.4) is 0 Å². The Morgan fingerprint density at radius 3 is 2.44 bits per heavy atom. The molecule has 0 radical (unpaired) electrons. The molecule has 0 aliphatic heterocycles. The second-order valence-corrected chi connectivity index (χ2v) is 5.23. The first-order valence-corrected chi connectivity index (χ1v) is 7.79. The van der Waals surface area contributed by atoms with Gasteiger partial charge >= 0.3 is 0 Å². The van der Waals surface area contributed by atoms with Crippen molar-refractivity contribution in [3.8, 4) is 17.2 Å². The first-order valence-electron chi connectivity index (χ1n) is 7.79. The molecule has 0 aromatic heterocycles. The molecule has 2 N–H and O–H groups in total. The van der Waals surface area contributed by atoms with Crippen LogP contribution in [0, 0.1) is 11.3 Å². The Kier molecular flexibility index (Phi) is 6.69. The van der Waals surface area contributed by atoms with Gasteiger partial charge in [-0.1, -0.05) is 36.4 Å². The highest BCUT2D eigenvalue weighted by Crippen LogP contribution is 2.26. The number of nitriles is 1. The molecule has 2 rings (SSSR count). The third-order valence-corrected chi connectivity index (χ3v) is 3.55. The molecular weight excluding hydrogens is 318 g/mol. The van der Waals surface area contributed by atoms with Crippen molar-refractivity contribution in [2.24, 2.45) is 0 Å². The molecule has 2 aromatic rings. The SMILES string of the molecule is COCCNC(=O)CNC(=O)c1ccccc1-c1ccccc1C#N. The Labute approximate surface area is 146 Å². The minimum atomic E-state index is -0.370. The van der Waals surface area contributed by atoms with Crippen LogP contribution < -0.4 is 10.6 Å². The number of carbonyl (C=O) groups excluding carboxylic acids is 2. The van der Waals surface area contributed by atoms with Gasteiger partial charge in [0, 0.05) is 24.8 Å². The maximum atomic E-state index is 12.5. The zero-order valence-electron chi connectivity index (χ0n) is 13.9. The lowest BCUT2D eigenvalue weighted by Crippen LogP contribution is -2.38. The smallest absolute Gasteiger partial charge is 0.252 e. The van der Waals surface area contributed by atoms with Crippen molar-refractivity contribution >= 4 is 11.8 Å². The third-order valence-electron chi connectivity index (χ3n) is 3.55. The fraction of sp³-hybridized carbons (Fsp3) is 0.211. The molecule has 0 spiro atoms. The third kappa shape index (κ3) is 4.90. The summed E-state index contributed by atoms with van der Waals surface area (Å²) in [4.78, 5) is 24.2. The molecule has 6 nitrogen and oxygen atoms in total. The highest BCUT2D eigenvalue weighted by atomic mass is 16.5. The van der Waals surface area contributed by atoms with Crippen LogP contribution in [0.4, 0.5) is 0 Å². The predicted molar refractivity (Wildman–Crippen MR) is 93.8 cm³/mol. The van der Waals surface area contributed by atoms with Gasteiger partial charge in [-0.3, -0.25) is 9.59 Å². The lowest BCUT2D eigenvalue weighted by Gasteiger charge is -2.11. The molecule has 0 bridgehead atoms. The molecule has 0 unspecified atom stereocenters. The Morgan fingerprint density at radius 2 is 1.72 bits per heavy atom. The molecule has 2 aromatic carbocycles. The zero-order chi connectivity index (χ0) is 18.1. The Balaban J connectivity index is 2.14. The molecular formula is C19H19N3O3. The Morgan fingerprint density at radius 1 is 1.04 bits per heavy atom. The average molecular weight is 337 g/mol. The fourth-order valence-electron chi connectivity index (χ4n) is 2.34. The van der Waals surface area contributed by atoms with Gasteiger partial charge in [0.2, 0.25) is 5.91 Å². The van der Waals surface area contributed by atoms with E-state index in [1.807, 2.05) is 6.07 Å². The summed E-state index contributed by atoms with van der Waals surface area (Å²) in [5, 5.41) is 14.5. The standard InChI is InChI=1S/C19H19N3O3/c1-25-11-10-21-18(23)13-22-19(24)17-9-5-4-8-16(17)15-7-3-2-6-14(15)12-20/h2-9H,10-11,13H2,1H3,(H,21,23)(H,22,24). The van der Waals surface area contributed by atoms with Crippen LogP contribution >= 0.6 is 0 Å². The van der Waals surface area contributed by atoms with Gasteiger partial charge < -0.3 is 15.4 Å². The summed E-state index contributed by atoms with van der Waals surface area (Å²) in [6.45, 7) is 0.668. The van der Waals surface area contributed by atoms with Crippen LogP contribution in [0.15, 0.2) is 48.5 Å². The molecule has 0 saturated heterocycles. The van der Waals surface area contributed by atoms with E-state index in [-0.39, 0.29) is 18.4 Å². The highest BCUT2D eigenvalue weighted by Gasteiger charge is 2.15. The van der Waals surface area contributed by atoms with E-state index in [0.717, 1.165) is 0 Å². The van der Waals surface area contributed by atoms with E-state index in [4.69, 9.17) is 4.74 Å². The van der Waals surface area contributed by atoms with Gasteiger partial charge in [-0.2, -0.15) is 5.26 Å². The van der Waals surface area contributed by atoms with Crippen LogP contribution in [0.5, 0.6) is 0 Å². The summed E-state index contributed by atoms with van der Waals surface area (Å²) < 4.78 is 4.85. The number of ether oxygens (including phenoxy) is 1. The van der Waals surface area contributed by atoms with Gasteiger partial charge in [0.15, 0.2) is 0 Å². The minimum Gasteiger partial charge on any atom is -0.383 e. The predicted octanol–water partition coefficient (Wildman–Crippen LogP) is 1.72. The topological polar surface area (TPSA) is 91.2 Å². The van der Waals surface area contributed by atoms with Crippen molar-refractivity contribution in [3.63, 3.8) is 0 Å². The van der Waals surface area contributed by atoms with Gasteiger partial charge in [0.05, 0.1) is 24.8 Å². The molecule has 6 heteroatoms. The number of amides is 2. The number of carbonyl (C=O) groups is 2. The van der Waals surface area contributed by atoms with Crippen molar-refractivity contribution in [3.05, 3.63) is 59.7 Å². The quantitative estimate of drug-likeness (QED) is 0.753. The molecule has 0 atom stereocenters. The first kappa shape index (κ1) is 18.2. The molecule has 0 aliphatic rings. The zero-order valence-corrected chi connectivity index (χ0v) is 13.9. The van der Waals surface area contributed by atoms with E-state index in [2.05, 4.69) is 16.7 Å². The number of hydrogen-bond acceptors (Lipinski definition) is 4. The molecule has 0 aliphatic carbocycles. The average Bonchev–Trinajstić information content (AvgIpc) is 2.66. The summed E-state index contributed by atoms with van der Waals surface area (Å²) in [6, 6.07) is 16.2. The van der Waals surface area contributed by atoms with E-state index in [1.54, 1.807) is 49.6 Å². The van der Waals surface area contributed by atoms with E-state index >= 15 is 0 Å². The van der Waals surface area contributed by atoms with Crippen molar-refractivity contribution in [2.75, 3.05) is 26.8 Å². The normalized spacial score (nSPS) is 9.92. The number of nitrogens with one attached hydrogen (secondary N) is 2. The monoisotopic (exact) mass is 337 g/mol. The number of rotatable bonds is 7. The lowest BCUT2D eigenvalue weighted by molar-refractivity contribution is -0.120. The second kappa shape index (κ2) is 9.21. The van der Waals surface area contributed by atoms with E-state index in [0.29, 0.717) is 35.4 Å². The molecule has 0 fully saturated rings.